The van der Waals surface area contributed by atoms with Crippen molar-refractivity contribution < 1.29 is 9.53 Å². The number of carbonyl (C=O) groups is 1. The van der Waals surface area contributed by atoms with Crippen molar-refractivity contribution >= 4 is 21.8 Å². The highest BCUT2D eigenvalue weighted by Gasteiger charge is 2.12. The molecule has 25 heavy (non-hydrogen) atoms. The molecule has 0 aromatic heterocycles. The number of rotatable bonds is 6. The molecule has 3 nitrogen and oxygen atoms in total. The molecule has 1 N–H and O–H groups in total. The maximum atomic E-state index is 12.2. The maximum Gasteiger partial charge on any atom is 0.258 e. The molecule has 2 aromatic carbocycles. The zero-order chi connectivity index (χ0) is 18.6. The molecule has 1 unspecified atom stereocenters. The minimum Gasteiger partial charge on any atom is -0.483 e. The van der Waals surface area contributed by atoms with Crippen LogP contribution < -0.4 is 10.1 Å². The van der Waals surface area contributed by atoms with Crippen LogP contribution in [-0.2, 0) is 4.79 Å². The second kappa shape index (κ2) is 8.52. The van der Waals surface area contributed by atoms with E-state index in [-0.39, 0.29) is 18.6 Å². The van der Waals surface area contributed by atoms with E-state index in [0.29, 0.717) is 11.7 Å². The predicted octanol–water partition coefficient (Wildman–Crippen LogP) is 5.45. The van der Waals surface area contributed by atoms with Gasteiger partial charge in [-0.05, 0) is 77.0 Å². The number of amides is 1. The van der Waals surface area contributed by atoms with Gasteiger partial charge in [0.25, 0.3) is 5.91 Å². The Morgan fingerprint density at radius 3 is 2.32 bits per heavy atom. The first-order valence-electron chi connectivity index (χ1n) is 8.56. The fourth-order valence-electron chi connectivity index (χ4n) is 2.54. The van der Waals surface area contributed by atoms with E-state index >= 15 is 0 Å². The summed E-state index contributed by atoms with van der Waals surface area (Å²) in [6.07, 6.45) is 0. The van der Waals surface area contributed by atoms with Gasteiger partial charge in [-0.3, -0.25) is 4.79 Å². The fourth-order valence-corrected chi connectivity index (χ4v) is 3.05. The van der Waals surface area contributed by atoms with E-state index in [1.807, 2.05) is 25.1 Å². The second-order valence-electron chi connectivity index (χ2n) is 6.77. The Hall–Kier alpha value is -1.81. The number of halogens is 1. The minimum atomic E-state index is -0.134. The van der Waals surface area contributed by atoms with Crippen LogP contribution >= 0.6 is 15.9 Å². The zero-order valence-electron chi connectivity index (χ0n) is 15.5. The lowest BCUT2D eigenvalue weighted by Crippen LogP contribution is -2.31. The summed E-state index contributed by atoms with van der Waals surface area (Å²) in [5, 5.41) is 2.98. The molecule has 2 rings (SSSR count). The highest BCUT2D eigenvalue weighted by molar-refractivity contribution is 9.10. The molecule has 4 heteroatoms. The van der Waals surface area contributed by atoms with Crippen molar-refractivity contribution in [3.05, 3.63) is 63.1 Å². The van der Waals surface area contributed by atoms with Crippen molar-refractivity contribution in [3.63, 3.8) is 0 Å². The van der Waals surface area contributed by atoms with Crippen LogP contribution in [0.2, 0.25) is 0 Å². The Morgan fingerprint density at radius 2 is 1.72 bits per heavy atom. The van der Waals surface area contributed by atoms with E-state index in [4.69, 9.17) is 4.74 Å². The van der Waals surface area contributed by atoms with Crippen molar-refractivity contribution in [2.75, 3.05) is 6.61 Å². The van der Waals surface area contributed by atoms with Crippen LogP contribution in [0.4, 0.5) is 0 Å². The van der Waals surface area contributed by atoms with Gasteiger partial charge < -0.3 is 10.1 Å². The minimum absolute atomic E-state index is 0.00515. The summed E-state index contributed by atoms with van der Waals surface area (Å²) in [5.41, 5.74) is 4.80. The Labute approximate surface area is 158 Å². The normalized spacial score (nSPS) is 12.1. The van der Waals surface area contributed by atoms with Gasteiger partial charge in [0.2, 0.25) is 0 Å². The third-order valence-corrected chi connectivity index (χ3v) is 5.01. The van der Waals surface area contributed by atoms with Gasteiger partial charge in [0.15, 0.2) is 6.61 Å². The molecule has 0 saturated heterocycles. The summed E-state index contributed by atoms with van der Waals surface area (Å²) < 4.78 is 6.52. The van der Waals surface area contributed by atoms with Crippen LogP contribution in [-0.4, -0.2) is 12.5 Å². The first-order chi connectivity index (χ1) is 11.8. The van der Waals surface area contributed by atoms with Crippen molar-refractivity contribution in [2.24, 2.45) is 0 Å². The number of hydrogen-bond acceptors (Lipinski definition) is 2. The SMILES string of the molecule is Cc1ccc(C(C)NC(=O)COc2ccc(C(C)C)cc2Br)cc1C. The molecular formula is C21H26BrNO2. The third kappa shape index (κ3) is 5.33. The fraction of sp³-hybridized carbons (Fsp3) is 0.381. The van der Waals surface area contributed by atoms with Gasteiger partial charge in [-0.15, -0.1) is 0 Å². The lowest BCUT2D eigenvalue weighted by atomic mass is 10.0. The van der Waals surface area contributed by atoms with E-state index < -0.39 is 0 Å². The molecule has 1 amide bonds. The largest absolute Gasteiger partial charge is 0.483 e. The molecule has 0 spiro atoms. The van der Waals surface area contributed by atoms with E-state index in [1.165, 1.54) is 16.7 Å². The maximum absolute atomic E-state index is 12.2. The molecule has 2 aromatic rings. The molecule has 0 saturated carbocycles. The van der Waals surface area contributed by atoms with Gasteiger partial charge in [0.1, 0.15) is 5.75 Å². The highest BCUT2D eigenvalue weighted by Crippen LogP contribution is 2.28. The molecule has 0 aliphatic rings. The van der Waals surface area contributed by atoms with Crippen LogP contribution in [0.5, 0.6) is 5.75 Å². The molecule has 0 radical (unpaired) electrons. The van der Waals surface area contributed by atoms with Gasteiger partial charge in [0.05, 0.1) is 10.5 Å². The standard InChI is InChI=1S/C21H26BrNO2/c1-13(2)17-8-9-20(19(22)11-17)25-12-21(24)23-16(5)18-7-6-14(3)15(4)10-18/h6-11,13,16H,12H2,1-5H3,(H,23,24). The number of carbonyl (C=O) groups excluding carboxylic acids is 1. The quantitative estimate of drug-likeness (QED) is 0.696. The Kier molecular flexibility index (Phi) is 6.65. The van der Waals surface area contributed by atoms with Crippen molar-refractivity contribution in [1.82, 2.24) is 5.32 Å². The number of nitrogens with one attached hydrogen (secondary N) is 1. The number of hydrogen-bond donors (Lipinski definition) is 1. The monoisotopic (exact) mass is 403 g/mol. The molecular weight excluding hydrogens is 378 g/mol. The van der Waals surface area contributed by atoms with Gasteiger partial charge in [0, 0.05) is 0 Å². The molecule has 0 aliphatic heterocycles. The molecule has 0 aliphatic carbocycles. The van der Waals surface area contributed by atoms with Crippen molar-refractivity contribution in [1.29, 1.82) is 0 Å². The van der Waals surface area contributed by atoms with Crippen LogP contribution in [0, 0.1) is 13.8 Å². The Bertz CT molecular complexity index is 756. The van der Waals surface area contributed by atoms with Gasteiger partial charge in [-0.2, -0.15) is 0 Å². The van der Waals surface area contributed by atoms with Gasteiger partial charge >= 0.3 is 0 Å². The average molecular weight is 404 g/mol. The smallest absolute Gasteiger partial charge is 0.258 e. The van der Waals surface area contributed by atoms with E-state index in [0.717, 1.165) is 10.0 Å². The van der Waals surface area contributed by atoms with E-state index in [9.17, 15) is 4.79 Å². The van der Waals surface area contributed by atoms with Crippen LogP contribution in [0.1, 0.15) is 55.0 Å². The summed E-state index contributed by atoms with van der Waals surface area (Å²) in [5.74, 6) is 0.997. The Balaban J connectivity index is 1.93. The number of aryl methyl sites for hydroxylation is 2. The lowest BCUT2D eigenvalue weighted by Gasteiger charge is -2.16. The van der Waals surface area contributed by atoms with E-state index in [2.05, 4.69) is 67.1 Å². The second-order valence-corrected chi connectivity index (χ2v) is 7.62. The summed E-state index contributed by atoms with van der Waals surface area (Å²) in [7, 11) is 0. The first-order valence-corrected chi connectivity index (χ1v) is 9.36. The van der Waals surface area contributed by atoms with Gasteiger partial charge in [-0.1, -0.05) is 38.1 Å². The summed E-state index contributed by atoms with van der Waals surface area (Å²) in [4.78, 5) is 12.2. The third-order valence-electron chi connectivity index (χ3n) is 4.39. The molecule has 0 fully saturated rings. The lowest BCUT2D eigenvalue weighted by molar-refractivity contribution is -0.123. The average Bonchev–Trinajstić information content (AvgIpc) is 2.55. The summed E-state index contributed by atoms with van der Waals surface area (Å²) in [6.45, 7) is 10.4. The van der Waals surface area contributed by atoms with Crippen LogP contribution in [0.3, 0.4) is 0 Å². The Morgan fingerprint density at radius 1 is 1.04 bits per heavy atom. The summed E-state index contributed by atoms with van der Waals surface area (Å²) >= 11 is 3.51. The summed E-state index contributed by atoms with van der Waals surface area (Å²) in [6, 6.07) is 12.2. The number of ether oxygens (including phenoxy) is 1. The molecule has 0 bridgehead atoms. The van der Waals surface area contributed by atoms with Crippen molar-refractivity contribution in [3.8, 4) is 5.75 Å². The first kappa shape index (κ1) is 19.5. The zero-order valence-corrected chi connectivity index (χ0v) is 17.1. The van der Waals surface area contributed by atoms with E-state index in [1.54, 1.807) is 0 Å². The molecule has 1 atom stereocenters. The highest BCUT2D eigenvalue weighted by atomic mass is 79.9. The van der Waals surface area contributed by atoms with Crippen molar-refractivity contribution in [2.45, 2.75) is 46.6 Å². The topological polar surface area (TPSA) is 38.3 Å². The van der Waals surface area contributed by atoms with Gasteiger partial charge in [-0.25, -0.2) is 0 Å². The molecule has 134 valence electrons. The van der Waals surface area contributed by atoms with Crippen LogP contribution in [0.15, 0.2) is 40.9 Å². The molecule has 0 heterocycles. The number of benzene rings is 2. The van der Waals surface area contributed by atoms with Crippen LogP contribution in [0.25, 0.3) is 0 Å². The predicted molar refractivity (Wildman–Crippen MR) is 106 cm³/mol.